The first-order valence-corrected chi connectivity index (χ1v) is 16.3. The minimum atomic E-state index is 0.489. The molecule has 0 saturated carbocycles. The van der Waals surface area contributed by atoms with Crippen LogP contribution in [0.25, 0.3) is 77.2 Å². The van der Waals surface area contributed by atoms with Crippen LogP contribution >= 0.6 is 0 Å². The smallest absolute Gasteiger partial charge is 0.0998 e. The Morgan fingerprint density at radius 1 is 0.380 bits per heavy atom. The lowest BCUT2D eigenvalue weighted by molar-refractivity contribution is 1.18. The van der Waals surface area contributed by atoms with E-state index in [-0.39, 0.29) is 0 Å². The van der Waals surface area contributed by atoms with Gasteiger partial charge in [-0.3, -0.25) is 0 Å². The lowest BCUT2D eigenvalue weighted by Gasteiger charge is -2.16. The molecule has 9 rings (SSSR count). The molecule has 0 radical (unpaired) electrons. The zero-order chi connectivity index (χ0) is 33.8. The standard InChI is InChI=1S/C45H25N5/c46-26-29-17-22-45-40(23-29)37-12-4-8-16-44(37)50(45)41-13-5-1-9-34(41)30-18-19-31(27-47)38(24-30)39-25-33(21-20-32(39)28-48)49-42-14-6-2-10-35(42)36-11-3-7-15-43(36)49/h1-25H. The molecule has 5 heteroatoms. The van der Waals surface area contributed by atoms with E-state index in [0.29, 0.717) is 27.8 Å². The SMILES string of the molecule is N#Cc1ccc2c(c1)c1ccccc1n2-c1ccccc1-c1ccc(C#N)c(-c2cc(-n3c4ccccc4c4ccccc43)ccc2C#N)c1. The van der Waals surface area contributed by atoms with Gasteiger partial charge in [-0.15, -0.1) is 0 Å². The first kappa shape index (κ1) is 28.8. The Morgan fingerprint density at radius 3 is 1.58 bits per heavy atom. The van der Waals surface area contributed by atoms with Crippen molar-refractivity contribution in [2.45, 2.75) is 0 Å². The average molecular weight is 636 g/mol. The summed E-state index contributed by atoms with van der Waals surface area (Å²) in [4.78, 5) is 0. The van der Waals surface area contributed by atoms with Gasteiger partial charge in [0.1, 0.15) is 0 Å². The molecule has 9 aromatic rings. The molecule has 2 heterocycles. The Bertz CT molecular complexity index is 2920. The predicted octanol–water partition coefficient (Wildman–Crippen LogP) is 10.8. The Balaban J connectivity index is 1.27. The number of aromatic nitrogens is 2. The lowest BCUT2D eigenvalue weighted by Crippen LogP contribution is -1.99. The van der Waals surface area contributed by atoms with Crippen molar-refractivity contribution in [3.63, 3.8) is 0 Å². The Labute approximate surface area is 287 Å². The molecule has 0 atom stereocenters. The van der Waals surface area contributed by atoms with E-state index in [1.165, 1.54) is 0 Å². The molecule has 0 aliphatic carbocycles. The lowest BCUT2D eigenvalue weighted by atomic mass is 9.91. The normalized spacial score (nSPS) is 11.1. The summed E-state index contributed by atoms with van der Waals surface area (Å²) in [6, 6.07) is 57.7. The van der Waals surface area contributed by atoms with E-state index in [1.807, 2.05) is 91.0 Å². The van der Waals surface area contributed by atoms with Crippen molar-refractivity contribution in [1.29, 1.82) is 15.8 Å². The molecule has 0 aliphatic heterocycles. The topological polar surface area (TPSA) is 81.2 Å². The van der Waals surface area contributed by atoms with Gasteiger partial charge in [-0.2, -0.15) is 15.8 Å². The summed E-state index contributed by atoms with van der Waals surface area (Å²) in [6.07, 6.45) is 0. The summed E-state index contributed by atoms with van der Waals surface area (Å²) >= 11 is 0. The van der Waals surface area contributed by atoms with Crippen molar-refractivity contribution < 1.29 is 0 Å². The van der Waals surface area contributed by atoms with Crippen LogP contribution in [0.4, 0.5) is 0 Å². The fourth-order valence-electron chi connectivity index (χ4n) is 7.44. The monoisotopic (exact) mass is 635 g/mol. The molecule has 0 N–H and O–H groups in total. The second kappa shape index (κ2) is 11.4. The summed E-state index contributed by atoms with van der Waals surface area (Å²) in [5.41, 5.74) is 10.9. The van der Waals surface area contributed by atoms with E-state index in [2.05, 4.69) is 88.0 Å². The van der Waals surface area contributed by atoms with E-state index in [4.69, 9.17) is 0 Å². The van der Waals surface area contributed by atoms with Crippen LogP contribution in [-0.4, -0.2) is 9.13 Å². The van der Waals surface area contributed by atoms with Crippen molar-refractivity contribution in [2.75, 3.05) is 0 Å². The van der Waals surface area contributed by atoms with Gasteiger partial charge < -0.3 is 9.13 Å². The molecule has 0 spiro atoms. The van der Waals surface area contributed by atoms with E-state index >= 15 is 0 Å². The van der Waals surface area contributed by atoms with Crippen LogP contribution in [0.15, 0.2) is 152 Å². The third kappa shape index (κ3) is 4.31. The van der Waals surface area contributed by atoms with Gasteiger partial charge in [0.2, 0.25) is 0 Å². The molecule has 230 valence electrons. The van der Waals surface area contributed by atoms with Gasteiger partial charge in [0.05, 0.1) is 62.7 Å². The van der Waals surface area contributed by atoms with Crippen molar-refractivity contribution in [3.05, 3.63) is 168 Å². The van der Waals surface area contributed by atoms with Crippen LogP contribution in [0.3, 0.4) is 0 Å². The molecule has 0 saturated heterocycles. The minimum absolute atomic E-state index is 0.489. The van der Waals surface area contributed by atoms with Gasteiger partial charge >= 0.3 is 0 Å². The van der Waals surface area contributed by atoms with Crippen molar-refractivity contribution >= 4 is 43.6 Å². The summed E-state index contributed by atoms with van der Waals surface area (Å²) in [5.74, 6) is 0. The molecule has 0 unspecified atom stereocenters. The van der Waals surface area contributed by atoms with Crippen LogP contribution in [0, 0.1) is 34.0 Å². The fraction of sp³-hybridized carbons (Fsp3) is 0. The maximum atomic E-state index is 10.4. The second-order valence-corrected chi connectivity index (χ2v) is 12.3. The Morgan fingerprint density at radius 2 is 0.920 bits per heavy atom. The first-order valence-electron chi connectivity index (χ1n) is 16.3. The number of rotatable bonds is 4. The summed E-state index contributed by atoms with van der Waals surface area (Å²) in [5, 5.41) is 34.7. The van der Waals surface area contributed by atoms with Crippen LogP contribution in [0.2, 0.25) is 0 Å². The number of benzene rings is 7. The van der Waals surface area contributed by atoms with Gasteiger partial charge in [0, 0.05) is 43.9 Å². The zero-order valence-electron chi connectivity index (χ0n) is 26.7. The molecule has 7 aromatic carbocycles. The second-order valence-electron chi connectivity index (χ2n) is 12.3. The molecule has 2 aromatic heterocycles. The first-order chi connectivity index (χ1) is 24.7. The molecular formula is C45H25N5. The van der Waals surface area contributed by atoms with E-state index in [1.54, 1.807) is 0 Å². The highest BCUT2D eigenvalue weighted by molar-refractivity contribution is 6.11. The Hall–Kier alpha value is -7.39. The predicted molar refractivity (Wildman–Crippen MR) is 200 cm³/mol. The highest BCUT2D eigenvalue weighted by atomic mass is 15.0. The zero-order valence-corrected chi connectivity index (χ0v) is 26.7. The third-order valence-corrected chi connectivity index (χ3v) is 9.65. The maximum Gasteiger partial charge on any atom is 0.0998 e. The number of para-hydroxylation sites is 4. The van der Waals surface area contributed by atoms with Gasteiger partial charge in [-0.25, -0.2) is 0 Å². The quantitative estimate of drug-likeness (QED) is 0.193. The molecule has 0 amide bonds. The van der Waals surface area contributed by atoms with Gasteiger partial charge in [-0.1, -0.05) is 78.9 Å². The molecule has 0 bridgehead atoms. The molecular weight excluding hydrogens is 611 g/mol. The van der Waals surface area contributed by atoms with Crippen LogP contribution in [0.1, 0.15) is 16.7 Å². The van der Waals surface area contributed by atoms with Gasteiger partial charge in [-0.05, 0) is 78.4 Å². The molecule has 5 nitrogen and oxygen atoms in total. The summed E-state index contributed by atoms with van der Waals surface area (Å²) in [7, 11) is 0. The fourth-order valence-corrected chi connectivity index (χ4v) is 7.44. The highest BCUT2D eigenvalue weighted by Gasteiger charge is 2.19. The van der Waals surface area contributed by atoms with Crippen molar-refractivity contribution in [1.82, 2.24) is 9.13 Å². The van der Waals surface area contributed by atoms with Crippen LogP contribution in [0.5, 0.6) is 0 Å². The molecule has 0 fully saturated rings. The number of fused-ring (bicyclic) bond motifs is 6. The number of hydrogen-bond acceptors (Lipinski definition) is 3. The summed E-state index contributed by atoms with van der Waals surface area (Å²) < 4.78 is 4.46. The number of hydrogen-bond donors (Lipinski definition) is 0. The minimum Gasteiger partial charge on any atom is -0.309 e. The van der Waals surface area contributed by atoms with Crippen molar-refractivity contribution in [2.24, 2.45) is 0 Å². The number of nitriles is 3. The average Bonchev–Trinajstić information content (AvgIpc) is 3.70. The van der Waals surface area contributed by atoms with Crippen LogP contribution < -0.4 is 0 Å². The van der Waals surface area contributed by atoms with E-state index < -0.39 is 0 Å². The van der Waals surface area contributed by atoms with Gasteiger partial charge in [0.15, 0.2) is 0 Å². The van der Waals surface area contributed by atoms with Crippen molar-refractivity contribution in [3.8, 4) is 51.8 Å². The Kier molecular flexibility index (Phi) is 6.56. The summed E-state index contributed by atoms with van der Waals surface area (Å²) in [6.45, 7) is 0. The highest BCUT2D eigenvalue weighted by Crippen LogP contribution is 2.40. The maximum absolute atomic E-state index is 10.4. The van der Waals surface area contributed by atoms with Crippen LogP contribution in [-0.2, 0) is 0 Å². The molecule has 50 heavy (non-hydrogen) atoms. The number of nitrogens with zero attached hydrogens (tertiary/aromatic N) is 5. The largest absolute Gasteiger partial charge is 0.309 e. The van der Waals surface area contributed by atoms with E-state index in [9.17, 15) is 15.8 Å². The van der Waals surface area contributed by atoms with E-state index in [0.717, 1.165) is 66.1 Å². The van der Waals surface area contributed by atoms with Gasteiger partial charge in [0.25, 0.3) is 0 Å². The molecule has 0 aliphatic rings. The third-order valence-electron chi connectivity index (χ3n) is 9.65.